The van der Waals surface area contributed by atoms with Gasteiger partial charge in [-0.3, -0.25) is 4.79 Å². The summed E-state index contributed by atoms with van der Waals surface area (Å²) < 4.78 is 13.8. The van der Waals surface area contributed by atoms with Crippen LogP contribution in [0.2, 0.25) is 0 Å². The highest BCUT2D eigenvalue weighted by Gasteiger charge is 2.70. The van der Waals surface area contributed by atoms with Crippen LogP contribution in [-0.4, -0.2) is 23.8 Å². The Hall–Kier alpha value is -0.640. The number of rotatable bonds is 3. The summed E-state index contributed by atoms with van der Waals surface area (Å²) in [5.74, 6) is 0.487. The van der Waals surface area contributed by atoms with E-state index in [1.165, 1.54) is 0 Å². The van der Waals surface area contributed by atoms with E-state index in [0.717, 1.165) is 12.8 Å². The van der Waals surface area contributed by atoms with Crippen LogP contribution in [0.1, 0.15) is 25.7 Å². The lowest BCUT2D eigenvalue weighted by Crippen LogP contribution is -2.58. The molecule has 6 atom stereocenters. The number of aliphatic carboxylic acids is 1. The number of alkyl halides is 1. The van der Waals surface area contributed by atoms with Gasteiger partial charge in [0.2, 0.25) is 0 Å². The Balaban J connectivity index is 1.89. The molecule has 0 saturated heterocycles. The van der Waals surface area contributed by atoms with Crippen molar-refractivity contribution in [3.63, 3.8) is 0 Å². The molecule has 0 spiro atoms. The van der Waals surface area contributed by atoms with Crippen LogP contribution in [0.5, 0.6) is 0 Å². The summed E-state index contributed by atoms with van der Waals surface area (Å²) in [5.41, 5.74) is 5.53. The summed E-state index contributed by atoms with van der Waals surface area (Å²) in [4.78, 5) is 11.0. The molecule has 90 valence electrons. The standard InChI is InChI=1S/C12H18FNO2/c13-9-3-8-11-6(9)1-2-7(11)12(8,5-14)4-10(15)16/h6-9,11H,1-5,14H2,(H,15,16)/t6?,7-,8+,9?,11+,12-/m0/s1. The fourth-order valence-corrected chi connectivity index (χ4v) is 4.99. The molecule has 3 saturated carbocycles. The molecule has 0 amide bonds. The number of hydrogen-bond acceptors (Lipinski definition) is 2. The largest absolute Gasteiger partial charge is 0.481 e. The van der Waals surface area contributed by atoms with E-state index >= 15 is 0 Å². The van der Waals surface area contributed by atoms with Crippen LogP contribution in [0.25, 0.3) is 0 Å². The smallest absolute Gasteiger partial charge is 0.303 e. The third-order valence-corrected chi connectivity index (χ3v) is 5.52. The molecule has 0 aliphatic heterocycles. The molecule has 0 aromatic rings. The summed E-state index contributed by atoms with van der Waals surface area (Å²) in [6.45, 7) is 0.407. The molecule has 0 heterocycles. The van der Waals surface area contributed by atoms with Crippen molar-refractivity contribution in [2.24, 2.45) is 34.8 Å². The maximum atomic E-state index is 13.8. The van der Waals surface area contributed by atoms with Crippen LogP contribution in [-0.2, 0) is 4.79 Å². The minimum absolute atomic E-state index is 0.134. The van der Waals surface area contributed by atoms with Crippen molar-refractivity contribution < 1.29 is 14.3 Å². The number of carboxylic acid groups (broad SMARTS) is 1. The highest BCUT2D eigenvalue weighted by molar-refractivity contribution is 5.68. The summed E-state index contributed by atoms with van der Waals surface area (Å²) >= 11 is 0. The first-order chi connectivity index (χ1) is 7.60. The fraction of sp³-hybridized carbons (Fsp3) is 0.917. The van der Waals surface area contributed by atoms with Crippen LogP contribution >= 0.6 is 0 Å². The van der Waals surface area contributed by atoms with Crippen molar-refractivity contribution >= 4 is 5.97 Å². The maximum Gasteiger partial charge on any atom is 0.303 e. The van der Waals surface area contributed by atoms with Gasteiger partial charge < -0.3 is 10.8 Å². The Bertz CT molecular complexity index is 335. The molecule has 3 N–H and O–H groups in total. The number of hydrogen-bond donors (Lipinski definition) is 2. The Morgan fingerprint density at radius 2 is 2.19 bits per heavy atom. The van der Waals surface area contributed by atoms with Crippen molar-refractivity contribution in [2.45, 2.75) is 31.9 Å². The van der Waals surface area contributed by atoms with Crippen LogP contribution < -0.4 is 5.73 Å². The van der Waals surface area contributed by atoms with Gasteiger partial charge in [0.05, 0.1) is 6.42 Å². The van der Waals surface area contributed by atoms with Crippen LogP contribution in [0.4, 0.5) is 4.39 Å². The number of carboxylic acids is 1. The van der Waals surface area contributed by atoms with Gasteiger partial charge >= 0.3 is 5.97 Å². The van der Waals surface area contributed by atoms with Gasteiger partial charge in [-0.15, -0.1) is 0 Å². The van der Waals surface area contributed by atoms with E-state index in [1.807, 2.05) is 0 Å². The third-order valence-electron chi connectivity index (χ3n) is 5.52. The van der Waals surface area contributed by atoms with Crippen LogP contribution in [0.15, 0.2) is 0 Å². The van der Waals surface area contributed by atoms with Gasteiger partial charge in [0.1, 0.15) is 6.17 Å². The molecule has 0 aromatic carbocycles. The van der Waals surface area contributed by atoms with E-state index in [2.05, 4.69) is 0 Å². The molecular formula is C12H18FNO2. The second kappa shape index (κ2) is 3.19. The molecule has 3 fully saturated rings. The minimum Gasteiger partial charge on any atom is -0.481 e. The van der Waals surface area contributed by atoms with E-state index in [9.17, 15) is 9.18 Å². The first-order valence-corrected chi connectivity index (χ1v) is 6.16. The molecule has 3 aliphatic rings. The van der Waals surface area contributed by atoms with Gasteiger partial charge in [0.25, 0.3) is 0 Å². The summed E-state index contributed by atoms with van der Waals surface area (Å²) in [6.07, 6.45) is 1.90. The van der Waals surface area contributed by atoms with Crippen LogP contribution in [0, 0.1) is 29.1 Å². The first kappa shape index (κ1) is 10.5. The van der Waals surface area contributed by atoms with Gasteiger partial charge in [0.15, 0.2) is 0 Å². The van der Waals surface area contributed by atoms with E-state index < -0.39 is 12.1 Å². The van der Waals surface area contributed by atoms with E-state index in [0.29, 0.717) is 24.8 Å². The zero-order chi connectivity index (χ0) is 11.5. The molecule has 0 aromatic heterocycles. The number of nitrogens with two attached hydrogens (primary N) is 1. The Morgan fingerprint density at radius 3 is 2.81 bits per heavy atom. The predicted molar refractivity (Wildman–Crippen MR) is 56.4 cm³/mol. The van der Waals surface area contributed by atoms with E-state index in [1.54, 1.807) is 0 Å². The van der Waals surface area contributed by atoms with Gasteiger partial charge in [-0.25, -0.2) is 4.39 Å². The molecular weight excluding hydrogens is 209 g/mol. The molecule has 3 nitrogen and oxygen atoms in total. The fourth-order valence-electron chi connectivity index (χ4n) is 4.99. The van der Waals surface area contributed by atoms with Crippen molar-refractivity contribution in [1.29, 1.82) is 0 Å². The molecule has 0 radical (unpaired) electrons. The highest BCUT2D eigenvalue weighted by Crippen LogP contribution is 2.72. The first-order valence-electron chi connectivity index (χ1n) is 6.16. The second-order valence-corrected chi connectivity index (χ2v) is 5.79. The van der Waals surface area contributed by atoms with E-state index in [-0.39, 0.29) is 23.7 Å². The molecule has 0 bridgehead atoms. The average Bonchev–Trinajstić information content (AvgIpc) is 2.73. The van der Waals surface area contributed by atoms with Crippen LogP contribution in [0.3, 0.4) is 0 Å². The van der Waals surface area contributed by atoms with E-state index in [4.69, 9.17) is 10.8 Å². The van der Waals surface area contributed by atoms with Gasteiger partial charge in [-0.2, -0.15) is 0 Å². The Morgan fingerprint density at radius 1 is 1.44 bits per heavy atom. The third kappa shape index (κ3) is 1.04. The minimum atomic E-state index is -0.783. The molecule has 3 aliphatic carbocycles. The van der Waals surface area contributed by atoms with Crippen molar-refractivity contribution in [2.75, 3.05) is 6.54 Å². The molecule has 4 heteroatoms. The quantitative estimate of drug-likeness (QED) is 0.766. The Labute approximate surface area is 94.2 Å². The number of carbonyl (C=O) groups is 1. The highest BCUT2D eigenvalue weighted by atomic mass is 19.1. The predicted octanol–water partition coefficient (Wildman–Crippen LogP) is 1.42. The Kier molecular flexibility index (Phi) is 2.09. The lowest BCUT2D eigenvalue weighted by molar-refractivity contribution is -0.153. The zero-order valence-corrected chi connectivity index (χ0v) is 9.23. The zero-order valence-electron chi connectivity index (χ0n) is 9.23. The van der Waals surface area contributed by atoms with Crippen molar-refractivity contribution in [3.05, 3.63) is 0 Å². The molecule has 2 unspecified atom stereocenters. The van der Waals surface area contributed by atoms with Gasteiger partial charge in [0, 0.05) is 0 Å². The molecule has 16 heavy (non-hydrogen) atoms. The average molecular weight is 227 g/mol. The van der Waals surface area contributed by atoms with Crippen molar-refractivity contribution in [1.82, 2.24) is 0 Å². The van der Waals surface area contributed by atoms with Gasteiger partial charge in [-0.05, 0) is 54.9 Å². The second-order valence-electron chi connectivity index (χ2n) is 5.79. The summed E-state index contributed by atoms with van der Waals surface area (Å²) in [7, 11) is 0. The SMILES string of the molecule is NC[C@]1(CC(=O)O)[C@@H]2CC(F)C3CC[C@H]1[C@@H]32. The lowest BCUT2D eigenvalue weighted by atomic mass is 9.47. The topological polar surface area (TPSA) is 63.3 Å². The normalized spacial score (nSPS) is 53.5. The lowest BCUT2D eigenvalue weighted by Gasteiger charge is -2.57. The van der Waals surface area contributed by atoms with Crippen molar-refractivity contribution in [3.8, 4) is 0 Å². The monoisotopic (exact) mass is 227 g/mol. The van der Waals surface area contributed by atoms with Gasteiger partial charge in [-0.1, -0.05) is 0 Å². The molecule has 3 rings (SSSR count). The summed E-state index contributed by atoms with van der Waals surface area (Å²) in [5, 5.41) is 9.01. The summed E-state index contributed by atoms with van der Waals surface area (Å²) in [6, 6.07) is 0. The maximum absolute atomic E-state index is 13.8. The number of halogens is 1.